The van der Waals surface area contributed by atoms with Crippen LogP contribution in [-0.4, -0.2) is 13.7 Å². The molecule has 0 spiro atoms. The molecule has 0 saturated heterocycles. The van der Waals surface area contributed by atoms with Crippen LogP contribution >= 0.6 is 0 Å². The maximum atomic E-state index is 13.7. The fraction of sp³-hybridized carbons (Fsp3) is 0.667. The van der Waals surface area contributed by atoms with Gasteiger partial charge in [-0.3, -0.25) is 0 Å². The molecule has 1 saturated carbocycles. The van der Waals surface area contributed by atoms with Crippen LogP contribution in [0.15, 0.2) is 18.2 Å². The van der Waals surface area contributed by atoms with Gasteiger partial charge in [-0.1, -0.05) is 32.6 Å². The molecule has 1 aliphatic rings. The second-order valence-corrected chi connectivity index (χ2v) is 6.07. The van der Waals surface area contributed by atoms with Crippen molar-refractivity contribution in [3.63, 3.8) is 0 Å². The van der Waals surface area contributed by atoms with E-state index >= 15 is 0 Å². The summed E-state index contributed by atoms with van der Waals surface area (Å²) >= 11 is 0. The quantitative estimate of drug-likeness (QED) is 0.757. The third-order valence-electron chi connectivity index (χ3n) is 4.51. The Morgan fingerprint density at radius 3 is 2.57 bits per heavy atom. The van der Waals surface area contributed by atoms with Crippen molar-refractivity contribution in [1.82, 2.24) is 5.32 Å². The highest BCUT2D eigenvalue weighted by molar-refractivity contribution is 5.37. The molecule has 2 nitrogen and oxygen atoms in total. The molecule has 1 atom stereocenters. The van der Waals surface area contributed by atoms with Crippen molar-refractivity contribution in [3.05, 3.63) is 29.6 Å². The van der Waals surface area contributed by atoms with E-state index in [-0.39, 0.29) is 11.9 Å². The molecule has 1 fully saturated rings. The van der Waals surface area contributed by atoms with Crippen LogP contribution in [0.5, 0.6) is 5.75 Å². The van der Waals surface area contributed by atoms with Crippen LogP contribution in [0.1, 0.15) is 63.5 Å². The number of ether oxygens (including phenoxy) is 1. The normalized spacial score (nSPS) is 18.2. The molecule has 1 N–H and O–H groups in total. The summed E-state index contributed by atoms with van der Waals surface area (Å²) in [6.07, 6.45) is 8.76. The highest BCUT2D eigenvalue weighted by Crippen LogP contribution is 2.37. The first kappa shape index (κ1) is 16.3. The summed E-state index contributed by atoms with van der Waals surface area (Å²) < 4.78 is 19.2. The van der Waals surface area contributed by atoms with E-state index in [2.05, 4.69) is 12.2 Å². The second kappa shape index (κ2) is 8.38. The molecule has 21 heavy (non-hydrogen) atoms. The number of methoxy groups -OCH3 is 1. The number of hydrogen-bond acceptors (Lipinski definition) is 2. The molecule has 118 valence electrons. The first-order chi connectivity index (χ1) is 10.3. The summed E-state index contributed by atoms with van der Waals surface area (Å²) in [6, 6.07) is 5.08. The Hall–Kier alpha value is -1.09. The van der Waals surface area contributed by atoms with Crippen LogP contribution in [0.4, 0.5) is 4.39 Å². The van der Waals surface area contributed by atoms with Gasteiger partial charge in [0, 0.05) is 11.6 Å². The summed E-state index contributed by atoms with van der Waals surface area (Å²) in [7, 11) is 1.67. The van der Waals surface area contributed by atoms with Gasteiger partial charge in [-0.15, -0.1) is 0 Å². The second-order valence-electron chi connectivity index (χ2n) is 6.07. The molecule has 0 aromatic heterocycles. The van der Waals surface area contributed by atoms with E-state index in [9.17, 15) is 4.39 Å². The summed E-state index contributed by atoms with van der Waals surface area (Å²) in [6.45, 7) is 3.13. The van der Waals surface area contributed by atoms with Crippen LogP contribution in [0.3, 0.4) is 0 Å². The van der Waals surface area contributed by atoms with E-state index in [1.165, 1.54) is 44.6 Å². The Kier molecular flexibility index (Phi) is 6.50. The lowest BCUT2D eigenvalue weighted by Crippen LogP contribution is -2.29. The SMILES string of the molecule is CCCNC(c1cc(F)ccc1OC)C1CCCCCC1. The maximum absolute atomic E-state index is 13.7. The van der Waals surface area contributed by atoms with Crippen molar-refractivity contribution in [3.8, 4) is 5.75 Å². The van der Waals surface area contributed by atoms with Crippen molar-refractivity contribution >= 4 is 0 Å². The lowest BCUT2D eigenvalue weighted by molar-refractivity contribution is 0.312. The molecule has 1 aromatic carbocycles. The zero-order chi connectivity index (χ0) is 15.1. The topological polar surface area (TPSA) is 21.3 Å². The van der Waals surface area contributed by atoms with Gasteiger partial charge in [0.2, 0.25) is 0 Å². The summed E-state index contributed by atoms with van der Waals surface area (Å²) in [5.74, 6) is 1.20. The van der Waals surface area contributed by atoms with E-state index in [1.807, 2.05) is 0 Å². The van der Waals surface area contributed by atoms with Crippen LogP contribution in [0, 0.1) is 11.7 Å². The van der Waals surface area contributed by atoms with Crippen LogP contribution < -0.4 is 10.1 Å². The van der Waals surface area contributed by atoms with Gasteiger partial charge >= 0.3 is 0 Å². The highest BCUT2D eigenvalue weighted by Gasteiger charge is 2.26. The zero-order valence-corrected chi connectivity index (χ0v) is 13.3. The minimum absolute atomic E-state index is 0.178. The van der Waals surface area contributed by atoms with E-state index in [1.54, 1.807) is 19.2 Å². The van der Waals surface area contributed by atoms with Gasteiger partial charge in [0.25, 0.3) is 0 Å². The minimum atomic E-state index is -0.178. The van der Waals surface area contributed by atoms with Crippen molar-refractivity contribution in [2.45, 2.75) is 57.9 Å². The number of nitrogens with one attached hydrogen (secondary N) is 1. The molecule has 0 aliphatic heterocycles. The molecule has 3 heteroatoms. The monoisotopic (exact) mass is 293 g/mol. The van der Waals surface area contributed by atoms with E-state index in [4.69, 9.17) is 4.74 Å². The van der Waals surface area contributed by atoms with Crippen molar-refractivity contribution in [1.29, 1.82) is 0 Å². The maximum Gasteiger partial charge on any atom is 0.123 e. The summed E-state index contributed by atoms with van der Waals surface area (Å²) in [4.78, 5) is 0. The van der Waals surface area contributed by atoms with Gasteiger partial charge < -0.3 is 10.1 Å². The molecule has 2 rings (SSSR count). The van der Waals surface area contributed by atoms with Gasteiger partial charge in [-0.05, 0) is 49.9 Å². The molecular weight excluding hydrogens is 265 g/mol. The van der Waals surface area contributed by atoms with E-state index < -0.39 is 0 Å². The Labute approximate surface area is 128 Å². The average molecular weight is 293 g/mol. The number of rotatable bonds is 6. The third kappa shape index (κ3) is 4.44. The smallest absolute Gasteiger partial charge is 0.123 e. The van der Waals surface area contributed by atoms with Gasteiger partial charge in [0.15, 0.2) is 0 Å². The Bertz CT molecular complexity index is 427. The fourth-order valence-electron chi connectivity index (χ4n) is 3.42. The van der Waals surface area contributed by atoms with Gasteiger partial charge in [-0.2, -0.15) is 0 Å². The fourth-order valence-corrected chi connectivity index (χ4v) is 3.42. The van der Waals surface area contributed by atoms with Crippen molar-refractivity contribution in [2.75, 3.05) is 13.7 Å². The number of hydrogen-bond donors (Lipinski definition) is 1. The standard InChI is InChI=1S/C18H28FNO/c1-3-12-20-18(14-8-6-4-5-7-9-14)16-13-15(19)10-11-17(16)21-2/h10-11,13-14,18,20H,3-9,12H2,1-2H3. The average Bonchev–Trinajstić information content (AvgIpc) is 2.77. The first-order valence-corrected chi connectivity index (χ1v) is 8.33. The van der Waals surface area contributed by atoms with E-state index in [0.29, 0.717) is 5.92 Å². The Balaban J connectivity index is 2.27. The first-order valence-electron chi connectivity index (χ1n) is 8.33. The molecule has 0 amide bonds. The third-order valence-corrected chi connectivity index (χ3v) is 4.51. The molecule has 1 aromatic rings. The van der Waals surface area contributed by atoms with Gasteiger partial charge in [0.05, 0.1) is 7.11 Å². The van der Waals surface area contributed by atoms with Crippen molar-refractivity contribution < 1.29 is 9.13 Å². The molecule has 0 bridgehead atoms. The number of benzene rings is 1. The highest BCUT2D eigenvalue weighted by atomic mass is 19.1. The molecular formula is C18H28FNO. The molecule has 0 radical (unpaired) electrons. The Morgan fingerprint density at radius 1 is 1.24 bits per heavy atom. The molecule has 1 aliphatic carbocycles. The van der Waals surface area contributed by atoms with Gasteiger partial charge in [-0.25, -0.2) is 4.39 Å². The predicted molar refractivity (Wildman–Crippen MR) is 85.2 cm³/mol. The number of halogens is 1. The van der Waals surface area contributed by atoms with Crippen LogP contribution in [0.25, 0.3) is 0 Å². The zero-order valence-electron chi connectivity index (χ0n) is 13.3. The van der Waals surface area contributed by atoms with Crippen LogP contribution in [0.2, 0.25) is 0 Å². The Morgan fingerprint density at radius 2 is 1.95 bits per heavy atom. The largest absolute Gasteiger partial charge is 0.496 e. The molecule has 1 unspecified atom stereocenters. The lowest BCUT2D eigenvalue weighted by atomic mass is 9.86. The lowest BCUT2D eigenvalue weighted by Gasteiger charge is -2.29. The van der Waals surface area contributed by atoms with Gasteiger partial charge in [0.1, 0.15) is 11.6 Å². The molecule has 0 heterocycles. The van der Waals surface area contributed by atoms with Crippen LogP contribution in [-0.2, 0) is 0 Å². The summed E-state index contributed by atoms with van der Waals surface area (Å²) in [5, 5.41) is 3.64. The van der Waals surface area contributed by atoms with Crippen molar-refractivity contribution in [2.24, 2.45) is 5.92 Å². The minimum Gasteiger partial charge on any atom is -0.496 e. The van der Waals surface area contributed by atoms with E-state index in [0.717, 1.165) is 24.3 Å². The predicted octanol–water partition coefficient (Wildman–Crippen LogP) is 4.85. The summed E-state index contributed by atoms with van der Waals surface area (Å²) in [5.41, 5.74) is 0.984.